The normalized spacial score (nSPS) is 29.8. The van der Waals surface area contributed by atoms with Gasteiger partial charge in [0.05, 0.1) is 6.61 Å². The second-order valence-corrected chi connectivity index (χ2v) is 5.51. The molecule has 0 bridgehead atoms. The minimum Gasteiger partial charge on any atom is -0.381 e. The van der Waals surface area contributed by atoms with Crippen molar-refractivity contribution in [2.24, 2.45) is 5.92 Å². The van der Waals surface area contributed by atoms with Gasteiger partial charge in [0, 0.05) is 31.2 Å². The third kappa shape index (κ3) is 3.94. The lowest BCUT2D eigenvalue weighted by atomic mass is 9.95. The summed E-state index contributed by atoms with van der Waals surface area (Å²) < 4.78 is 5.67. The van der Waals surface area contributed by atoms with Crippen molar-refractivity contribution in [1.29, 1.82) is 0 Å². The molecule has 0 radical (unpaired) electrons. The molecule has 0 aromatic carbocycles. The number of hydrogen-bond acceptors (Lipinski definition) is 3. The van der Waals surface area contributed by atoms with E-state index in [9.17, 15) is 0 Å². The summed E-state index contributed by atoms with van der Waals surface area (Å²) in [4.78, 5) is 2.70. The summed E-state index contributed by atoms with van der Waals surface area (Å²) >= 11 is 0. The van der Waals surface area contributed by atoms with Crippen LogP contribution in [-0.2, 0) is 4.74 Å². The molecule has 2 rings (SSSR count). The average Bonchev–Trinajstić information content (AvgIpc) is 3.15. The molecular formula is C14H28N2O. The van der Waals surface area contributed by atoms with E-state index in [1.54, 1.807) is 0 Å². The number of rotatable bonds is 7. The zero-order chi connectivity index (χ0) is 12.1. The summed E-state index contributed by atoms with van der Waals surface area (Å²) in [6.07, 6.45) is 5.29. The van der Waals surface area contributed by atoms with Crippen LogP contribution in [0.5, 0.6) is 0 Å². The van der Waals surface area contributed by atoms with Gasteiger partial charge in [-0.1, -0.05) is 13.8 Å². The second-order valence-electron chi connectivity index (χ2n) is 5.51. The Balaban J connectivity index is 1.84. The molecule has 1 aliphatic carbocycles. The van der Waals surface area contributed by atoms with E-state index in [1.165, 1.54) is 38.8 Å². The number of hydrogen-bond donors (Lipinski definition) is 1. The standard InChI is InChI=1S/C14H28N2O/c1-3-8-16(13-5-6-13)10-12-11-17-9-7-14(12)15-4-2/h12-15H,3-11H2,1-2H3. The van der Waals surface area contributed by atoms with E-state index < -0.39 is 0 Å². The van der Waals surface area contributed by atoms with Crippen LogP contribution in [0.4, 0.5) is 0 Å². The number of ether oxygens (including phenoxy) is 1. The van der Waals surface area contributed by atoms with Gasteiger partial charge in [0.2, 0.25) is 0 Å². The minimum absolute atomic E-state index is 0.673. The van der Waals surface area contributed by atoms with Crippen molar-refractivity contribution >= 4 is 0 Å². The first kappa shape index (κ1) is 13.3. The summed E-state index contributed by atoms with van der Waals surface area (Å²) in [6, 6.07) is 1.56. The highest BCUT2D eigenvalue weighted by atomic mass is 16.5. The predicted octanol–water partition coefficient (Wildman–Crippen LogP) is 1.88. The highest BCUT2D eigenvalue weighted by Gasteiger charge is 2.33. The Hall–Kier alpha value is -0.120. The lowest BCUT2D eigenvalue weighted by molar-refractivity contribution is 0.0157. The molecule has 2 unspecified atom stereocenters. The van der Waals surface area contributed by atoms with Gasteiger partial charge in [0.1, 0.15) is 0 Å². The smallest absolute Gasteiger partial charge is 0.0521 e. The fraction of sp³-hybridized carbons (Fsp3) is 1.00. The van der Waals surface area contributed by atoms with E-state index in [0.29, 0.717) is 12.0 Å². The van der Waals surface area contributed by atoms with E-state index in [1.807, 2.05) is 0 Å². The molecule has 100 valence electrons. The Morgan fingerprint density at radius 1 is 1.24 bits per heavy atom. The van der Waals surface area contributed by atoms with Crippen molar-refractivity contribution in [2.45, 2.75) is 51.6 Å². The largest absolute Gasteiger partial charge is 0.381 e. The van der Waals surface area contributed by atoms with Crippen molar-refractivity contribution in [3.63, 3.8) is 0 Å². The highest BCUT2D eigenvalue weighted by Crippen LogP contribution is 2.29. The monoisotopic (exact) mass is 240 g/mol. The molecular weight excluding hydrogens is 212 g/mol. The van der Waals surface area contributed by atoms with E-state index >= 15 is 0 Å². The molecule has 1 N–H and O–H groups in total. The highest BCUT2D eigenvalue weighted by molar-refractivity contribution is 4.89. The first-order chi connectivity index (χ1) is 8.35. The zero-order valence-corrected chi connectivity index (χ0v) is 11.5. The van der Waals surface area contributed by atoms with Gasteiger partial charge in [-0.25, -0.2) is 0 Å². The summed E-state index contributed by atoms with van der Waals surface area (Å²) in [5.41, 5.74) is 0. The molecule has 2 atom stereocenters. The Morgan fingerprint density at radius 3 is 2.71 bits per heavy atom. The van der Waals surface area contributed by atoms with Crippen LogP contribution in [0.1, 0.15) is 39.5 Å². The maximum absolute atomic E-state index is 5.67. The van der Waals surface area contributed by atoms with Crippen LogP contribution in [0, 0.1) is 5.92 Å². The van der Waals surface area contributed by atoms with Gasteiger partial charge >= 0.3 is 0 Å². The molecule has 0 spiro atoms. The molecule has 0 amide bonds. The lowest BCUT2D eigenvalue weighted by Crippen LogP contribution is -2.48. The Kier molecular flexibility index (Phi) is 5.26. The SMILES string of the molecule is CCCN(CC1COCCC1NCC)C1CC1. The third-order valence-corrected chi connectivity index (χ3v) is 3.98. The Morgan fingerprint density at radius 2 is 2.06 bits per heavy atom. The third-order valence-electron chi connectivity index (χ3n) is 3.98. The fourth-order valence-corrected chi connectivity index (χ4v) is 2.96. The summed E-state index contributed by atoms with van der Waals surface area (Å²) in [5.74, 6) is 0.691. The van der Waals surface area contributed by atoms with Gasteiger partial charge in [-0.15, -0.1) is 0 Å². The van der Waals surface area contributed by atoms with Crippen molar-refractivity contribution in [3.05, 3.63) is 0 Å². The Labute approximate surface area is 106 Å². The molecule has 0 aromatic rings. The van der Waals surface area contributed by atoms with E-state index in [4.69, 9.17) is 4.74 Å². The first-order valence-corrected chi connectivity index (χ1v) is 7.40. The predicted molar refractivity (Wildman–Crippen MR) is 71.3 cm³/mol. The molecule has 1 heterocycles. The maximum Gasteiger partial charge on any atom is 0.0521 e. The van der Waals surface area contributed by atoms with Crippen molar-refractivity contribution in [3.8, 4) is 0 Å². The fourth-order valence-electron chi connectivity index (χ4n) is 2.96. The lowest BCUT2D eigenvalue weighted by Gasteiger charge is -2.36. The van der Waals surface area contributed by atoms with Gasteiger partial charge < -0.3 is 10.1 Å². The van der Waals surface area contributed by atoms with Crippen molar-refractivity contribution in [2.75, 3.05) is 32.8 Å². The van der Waals surface area contributed by atoms with E-state index in [0.717, 1.165) is 25.8 Å². The van der Waals surface area contributed by atoms with Crippen LogP contribution < -0.4 is 5.32 Å². The van der Waals surface area contributed by atoms with Crippen molar-refractivity contribution < 1.29 is 4.74 Å². The van der Waals surface area contributed by atoms with E-state index in [2.05, 4.69) is 24.1 Å². The van der Waals surface area contributed by atoms with Crippen LogP contribution in [0.3, 0.4) is 0 Å². The molecule has 1 aliphatic heterocycles. The van der Waals surface area contributed by atoms with Gasteiger partial charge in [-0.05, 0) is 38.8 Å². The molecule has 0 aromatic heterocycles. The quantitative estimate of drug-likeness (QED) is 0.735. The summed E-state index contributed by atoms with van der Waals surface area (Å²) in [5, 5.41) is 3.63. The van der Waals surface area contributed by atoms with Crippen LogP contribution in [0.25, 0.3) is 0 Å². The van der Waals surface area contributed by atoms with Gasteiger partial charge in [0.25, 0.3) is 0 Å². The first-order valence-electron chi connectivity index (χ1n) is 7.40. The summed E-state index contributed by atoms with van der Waals surface area (Å²) in [6.45, 7) is 9.95. The Bertz CT molecular complexity index is 216. The van der Waals surface area contributed by atoms with Crippen LogP contribution in [-0.4, -0.2) is 49.8 Å². The van der Waals surface area contributed by atoms with Crippen LogP contribution in [0.2, 0.25) is 0 Å². The second kappa shape index (κ2) is 6.72. The van der Waals surface area contributed by atoms with Crippen LogP contribution >= 0.6 is 0 Å². The maximum atomic E-state index is 5.67. The molecule has 17 heavy (non-hydrogen) atoms. The van der Waals surface area contributed by atoms with Crippen LogP contribution in [0.15, 0.2) is 0 Å². The molecule has 3 heteroatoms. The van der Waals surface area contributed by atoms with Gasteiger partial charge in [0.15, 0.2) is 0 Å². The summed E-state index contributed by atoms with van der Waals surface area (Å²) in [7, 11) is 0. The van der Waals surface area contributed by atoms with Crippen molar-refractivity contribution in [1.82, 2.24) is 10.2 Å². The number of nitrogens with zero attached hydrogens (tertiary/aromatic N) is 1. The minimum atomic E-state index is 0.673. The zero-order valence-electron chi connectivity index (χ0n) is 11.5. The average molecular weight is 240 g/mol. The topological polar surface area (TPSA) is 24.5 Å². The molecule has 2 aliphatic rings. The molecule has 1 saturated heterocycles. The van der Waals surface area contributed by atoms with E-state index in [-0.39, 0.29) is 0 Å². The molecule has 1 saturated carbocycles. The van der Waals surface area contributed by atoms with Gasteiger partial charge in [-0.3, -0.25) is 4.90 Å². The molecule has 3 nitrogen and oxygen atoms in total. The molecule has 2 fully saturated rings. The number of nitrogens with one attached hydrogen (secondary N) is 1. The van der Waals surface area contributed by atoms with Gasteiger partial charge in [-0.2, -0.15) is 0 Å².